The minimum atomic E-state index is -0.357. The molecule has 172 valence electrons. The summed E-state index contributed by atoms with van der Waals surface area (Å²) in [5.41, 5.74) is 3.22. The van der Waals surface area contributed by atoms with Crippen molar-refractivity contribution in [3.8, 4) is 11.3 Å². The van der Waals surface area contributed by atoms with E-state index in [1.165, 1.54) is 6.20 Å². The fourth-order valence-electron chi connectivity index (χ4n) is 4.30. The standard InChI is InChI=1S/C24H23N7O2S/c32-23(20-12-26-18-5-1-2-6-19(18)27-20)29-22-17(4-3-7-25-22)21-14-31-16(15-34-24(31)28-21)13-30-8-10-33-11-9-30/h1-7,12,14,16H,8-11,13,15H2,(H,25,29,32). The number of carbonyl (C=O) groups excluding carboxylic acids is 1. The molecule has 9 nitrogen and oxygen atoms in total. The van der Waals surface area contributed by atoms with E-state index in [0.717, 1.165) is 60.5 Å². The molecule has 0 aliphatic carbocycles. The Bertz CT molecular complexity index is 1350. The number of imidazole rings is 1. The zero-order valence-electron chi connectivity index (χ0n) is 18.4. The molecular formula is C24H23N7O2S. The van der Waals surface area contributed by atoms with E-state index < -0.39 is 0 Å². The number of amides is 1. The monoisotopic (exact) mass is 473 g/mol. The lowest BCUT2D eigenvalue weighted by molar-refractivity contribution is 0.0327. The Kier molecular flexibility index (Phi) is 5.69. The van der Waals surface area contributed by atoms with Crippen molar-refractivity contribution in [3.63, 3.8) is 0 Å². The molecule has 1 N–H and O–H groups in total. The molecule has 0 spiro atoms. The highest BCUT2D eigenvalue weighted by molar-refractivity contribution is 7.99. The largest absolute Gasteiger partial charge is 0.379 e. The van der Waals surface area contributed by atoms with Crippen LogP contribution in [0.3, 0.4) is 0 Å². The number of para-hydroxylation sites is 2. The number of nitrogens with zero attached hydrogens (tertiary/aromatic N) is 6. The normalized spacial score (nSPS) is 18.2. The third-order valence-electron chi connectivity index (χ3n) is 6.07. The Hall–Kier alpha value is -3.34. The van der Waals surface area contributed by atoms with Gasteiger partial charge in [0.1, 0.15) is 11.5 Å². The number of morpholine rings is 1. The van der Waals surface area contributed by atoms with Crippen LogP contribution >= 0.6 is 11.8 Å². The minimum absolute atomic E-state index is 0.240. The predicted molar refractivity (Wildman–Crippen MR) is 130 cm³/mol. The number of hydrogen-bond acceptors (Lipinski definition) is 8. The fourth-order valence-corrected chi connectivity index (χ4v) is 5.42. The molecule has 5 heterocycles. The molecule has 2 aliphatic rings. The molecule has 6 rings (SSSR count). The molecule has 10 heteroatoms. The van der Waals surface area contributed by atoms with Crippen molar-refractivity contribution >= 4 is 34.5 Å². The van der Waals surface area contributed by atoms with Crippen molar-refractivity contribution in [1.82, 2.24) is 29.4 Å². The zero-order valence-corrected chi connectivity index (χ0v) is 19.2. The summed E-state index contributed by atoms with van der Waals surface area (Å²) < 4.78 is 7.73. The quantitative estimate of drug-likeness (QED) is 0.472. The Morgan fingerprint density at radius 1 is 1.09 bits per heavy atom. The summed E-state index contributed by atoms with van der Waals surface area (Å²) in [5, 5.41) is 3.90. The van der Waals surface area contributed by atoms with Gasteiger partial charge >= 0.3 is 0 Å². The van der Waals surface area contributed by atoms with Crippen molar-refractivity contribution < 1.29 is 9.53 Å². The number of rotatable bonds is 5. The number of ether oxygens (including phenoxy) is 1. The van der Waals surface area contributed by atoms with Crippen molar-refractivity contribution in [1.29, 1.82) is 0 Å². The molecule has 0 saturated carbocycles. The number of anilines is 1. The fraction of sp³-hybridized carbons (Fsp3) is 0.292. The predicted octanol–water partition coefficient (Wildman–Crippen LogP) is 3.12. The maximum Gasteiger partial charge on any atom is 0.277 e. The Balaban J connectivity index is 1.24. The van der Waals surface area contributed by atoms with E-state index in [9.17, 15) is 4.79 Å². The van der Waals surface area contributed by atoms with Gasteiger partial charge in [-0.25, -0.2) is 15.0 Å². The molecule has 1 unspecified atom stereocenters. The maximum absolute atomic E-state index is 13.0. The van der Waals surface area contributed by atoms with Crippen LogP contribution in [0.4, 0.5) is 5.82 Å². The molecule has 1 fully saturated rings. The SMILES string of the molecule is O=C(Nc1ncccc1-c1cn2c(n1)SCC2CN1CCOCC1)c1cnc2ccccc2n1. The van der Waals surface area contributed by atoms with Gasteiger partial charge < -0.3 is 14.6 Å². The second-order valence-electron chi connectivity index (χ2n) is 8.29. The van der Waals surface area contributed by atoms with Crippen LogP contribution in [0.5, 0.6) is 0 Å². The summed E-state index contributed by atoms with van der Waals surface area (Å²) in [7, 11) is 0. The number of benzene rings is 1. The molecule has 1 amide bonds. The van der Waals surface area contributed by atoms with Crippen LogP contribution in [0.25, 0.3) is 22.3 Å². The highest BCUT2D eigenvalue weighted by Gasteiger charge is 2.28. The van der Waals surface area contributed by atoms with Crippen molar-refractivity contribution in [2.45, 2.75) is 11.2 Å². The summed E-state index contributed by atoms with van der Waals surface area (Å²) in [5.74, 6) is 1.11. The first-order valence-corrected chi connectivity index (χ1v) is 12.2. The van der Waals surface area contributed by atoms with Crippen LogP contribution < -0.4 is 5.32 Å². The van der Waals surface area contributed by atoms with Gasteiger partial charge in [0.05, 0.1) is 42.2 Å². The van der Waals surface area contributed by atoms with E-state index in [1.807, 2.05) is 36.4 Å². The number of thioether (sulfide) groups is 1. The van der Waals surface area contributed by atoms with E-state index in [2.05, 4.69) is 35.9 Å². The van der Waals surface area contributed by atoms with Crippen LogP contribution in [0.2, 0.25) is 0 Å². The minimum Gasteiger partial charge on any atom is -0.379 e. The van der Waals surface area contributed by atoms with Crippen molar-refractivity contribution in [2.75, 3.05) is 43.9 Å². The lowest BCUT2D eigenvalue weighted by Crippen LogP contribution is -2.39. The summed E-state index contributed by atoms with van der Waals surface area (Å²) in [4.78, 5) is 33.5. The number of hydrogen-bond donors (Lipinski definition) is 1. The number of fused-ring (bicyclic) bond motifs is 2. The molecule has 2 aliphatic heterocycles. The van der Waals surface area contributed by atoms with Crippen LogP contribution in [-0.4, -0.2) is 73.9 Å². The molecule has 1 saturated heterocycles. The zero-order chi connectivity index (χ0) is 22.9. The van der Waals surface area contributed by atoms with E-state index in [4.69, 9.17) is 9.72 Å². The molecule has 3 aromatic heterocycles. The number of pyridine rings is 1. The van der Waals surface area contributed by atoms with Crippen LogP contribution in [0, 0.1) is 0 Å². The second kappa shape index (κ2) is 9.13. The molecular weight excluding hydrogens is 450 g/mol. The third kappa shape index (κ3) is 4.15. The van der Waals surface area contributed by atoms with E-state index in [-0.39, 0.29) is 11.6 Å². The smallest absolute Gasteiger partial charge is 0.277 e. The van der Waals surface area contributed by atoms with Crippen molar-refractivity contribution in [2.24, 2.45) is 0 Å². The lowest BCUT2D eigenvalue weighted by atomic mass is 10.2. The van der Waals surface area contributed by atoms with Gasteiger partial charge in [0.25, 0.3) is 5.91 Å². The number of carbonyl (C=O) groups is 1. The van der Waals surface area contributed by atoms with Gasteiger partial charge in [0.15, 0.2) is 5.16 Å². The first kappa shape index (κ1) is 21.2. The van der Waals surface area contributed by atoms with Crippen molar-refractivity contribution in [3.05, 3.63) is 60.7 Å². The van der Waals surface area contributed by atoms with Gasteiger partial charge in [-0.2, -0.15) is 0 Å². The first-order chi connectivity index (χ1) is 16.7. The average molecular weight is 474 g/mol. The van der Waals surface area contributed by atoms with Gasteiger partial charge in [0, 0.05) is 43.3 Å². The summed E-state index contributed by atoms with van der Waals surface area (Å²) in [6.07, 6.45) is 5.21. The van der Waals surface area contributed by atoms with Gasteiger partial charge in [-0.1, -0.05) is 23.9 Å². The molecule has 4 aromatic rings. The van der Waals surface area contributed by atoms with Crippen LogP contribution in [0.1, 0.15) is 16.5 Å². The Morgan fingerprint density at radius 2 is 1.94 bits per heavy atom. The Labute approximate surface area is 200 Å². The summed E-state index contributed by atoms with van der Waals surface area (Å²) in [6, 6.07) is 11.6. The number of aromatic nitrogens is 5. The lowest BCUT2D eigenvalue weighted by Gasteiger charge is -2.29. The van der Waals surface area contributed by atoms with Crippen LogP contribution in [0.15, 0.2) is 60.1 Å². The average Bonchev–Trinajstić information content (AvgIpc) is 3.46. The van der Waals surface area contributed by atoms with Crippen LogP contribution in [-0.2, 0) is 4.74 Å². The highest BCUT2D eigenvalue weighted by Crippen LogP contribution is 2.37. The topological polar surface area (TPSA) is 98.1 Å². The van der Waals surface area contributed by atoms with Gasteiger partial charge in [-0.3, -0.25) is 14.7 Å². The van der Waals surface area contributed by atoms with Gasteiger partial charge in [-0.05, 0) is 24.3 Å². The summed E-state index contributed by atoms with van der Waals surface area (Å²) >= 11 is 1.77. The Morgan fingerprint density at radius 3 is 2.82 bits per heavy atom. The van der Waals surface area contributed by atoms with E-state index in [1.54, 1.807) is 18.0 Å². The molecule has 0 bridgehead atoms. The van der Waals surface area contributed by atoms with E-state index in [0.29, 0.717) is 17.4 Å². The summed E-state index contributed by atoms with van der Waals surface area (Å²) in [6.45, 7) is 4.50. The first-order valence-electron chi connectivity index (χ1n) is 11.2. The maximum atomic E-state index is 13.0. The third-order valence-corrected chi connectivity index (χ3v) is 7.18. The van der Waals surface area contributed by atoms with Gasteiger partial charge in [0.2, 0.25) is 0 Å². The molecule has 0 radical (unpaired) electrons. The molecule has 1 aromatic carbocycles. The van der Waals surface area contributed by atoms with E-state index >= 15 is 0 Å². The second-order valence-corrected chi connectivity index (χ2v) is 9.28. The molecule has 1 atom stereocenters. The highest BCUT2D eigenvalue weighted by atomic mass is 32.2. The number of nitrogens with one attached hydrogen (secondary N) is 1. The molecule has 34 heavy (non-hydrogen) atoms. The van der Waals surface area contributed by atoms with Gasteiger partial charge in [-0.15, -0.1) is 0 Å².